The lowest BCUT2D eigenvalue weighted by molar-refractivity contribution is -0.150. The normalized spacial score (nSPS) is 16.8. The molecule has 1 fully saturated rings. The number of esters is 1. The second-order valence-corrected chi connectivity index (χ2v) is 5.61. The topological polar surface area (TPSA) is 90.0 Å². The Kier molecular flexibility index (Phi) is 9.11. The highest BCUT2D eigenvalue weighted by atomic mass is 35.5. The summed E-state index contributed by atoms with van der Waals surface area (Å²) < 4.78 is 5.31. The van der Waals surface area contributed by atoms with Crippen LogP contribution in [0.15, 0.2) is 29.7 Å². The summed E-state index contributed by atoms with van der Waals surface area (Å²) >= 11 is 0. The minimum absolute atomic E-state index is 0. The van der Waals surface area contributed by atoms with Crippen LogP contribution in [0.1, 0.15) is 31.7 Å². The molecule has 8 heteroatoms. The van der Waals surface area contributed by atoms with Gasteiger partial charge in [0.1, 0.15) is 0 Å². The van der Waals surface area contributed by atoms with E-state index in [0.717, 1.165) is 13.1 Å². The molecule has 2 rings (SSSR count). The molecule has 1 unspecified atom stereocenters. The van der Waals surface area contributed by atoms with Gasteiger partial charge in [0.05, 0.1) is 0 Å². The standard InChI is InChI=1S/C16H24N4O3.ClH/c1-13(21)23-15(11-20-8-3-2-4-9-20)12-22-19-16(17)14-6-5-7-18-10-14;/h5-7,10,15H,2-4,8-9,11-12H2,1H3,(H2,17,19);1H. The van der Waals surface area contributed by atoms with Crippen LogP contribution in [-0.4, -0.2) is 54.0 Å². The Bertz CT molecular complexity index is 521. The van der Waals surface area contributed by atoms with Gasteiger partial charge in [0.2, 0.25) is 0 Å². The Labute approximate surface area is 148 Å². The predicted molar refractivity (Wildman–Crippen MR) is 94.0 cm³/mol. The molecule has 0 amide bonds. The van der Waals surface area contributed by atoms with E-state index in [1.807, 2.05) is 0 Å². The third-order valence-electron chi connectivity index (χ3n) is 3.62. The van der Waals surface area contributed by atoms with Crippen molar-refractivity contribution in [3.63, 3.8) is 0 Å². The van der Waals surface area contributed by atoms with Gasteiger partial charge in [-0.25, -0.2) is 0 Å². The first-order chi connectivity index (χ1) is 11.1. The van der Waals surface area contributed by atoms with E-state index >= 15 is 0 Å². The van der Waals surface area contributed by atoms with E-state index in [1.165, 1.54) is 26.2 Å². The molecule has 0 spiro atoms. The second-order valence-electron chi connectivity index (χ2n) is 5.61. The van der Waals surface area contributed by atoms with Crippen molar-refractivity contribution in [2.24, 2.45) is 10.9 Å². The molecule has 134 valence electrons. The minimum Gasteiger partial charge on any atom is -0.457 e. The Hall–Kier alpha value is -1.86. The number of carbonyl (C=O) groups is 1. The maximum absolute atomic E-state index is 11.2. The monoisotopic (exact) mass is 356 g/mol. The average molecular weight is 357 g/mol. The molecular formula is C16H25ClN4O3. The van der Waals surface area contributed by atoms with E-state index < -0.39 is 0 Å². The van der Waals surface area contributed by atoms with Crippen LogP contribution < -0.4 is 5.73 Å². The number of carbonyl (C=O) groups excluding carboxylic acids is 1. The van der Waals surface area contributed by atoms with Crippen LogP contribution in [0.5, 0.6) is 0 Å². The van der Waals surface area contributed by atoms with Gasteiger partial charge in [0.15, 0.2) is 18.5 Å². The number of hydrogen-bond donors (Lipinski definition) is 1. The van der Waals surface area contributed by atoms with Gasteiger partial charge in [-0.15, -0.1) is 12.4 Å². The molecule has 1 aliphatic rings. The summed E-state index contributed by atoms with van der Waals surface area (Å²) in [4.78, 5) is 22.8. The molecule has 0 aromatic carbocycles. The van der Waals surface area contributed by atoms with Gasteiger partial charge in [0.25, 0.3) is 0 Å². The lowest BCUT2D eigenvalue weighted by Gasteiger charge is -2.29. The summed E-state index contributed by atoms with van der Waals surface area (Å²) in [6, 6.07) is 3.57. The predicted octanol–water partition coefficient (Wildman–Crippen LogP) is 1.56. The zero-order valence-corrected chi connectivity index (χ0v) is 14.7. The van der Waals surface area contributed by atoms with Crippen LogP contribution in [-0.2, 0) is 14.4 Å². The van der Waals surface area contributed by atoms with Crippen molar-refractivity contribution < 1.29 is 14.4 Å². The number of oxime groups is 1. The fourth-order valence-electron chi connectivity index (χ4n) is 2.55. The van der Waals surface area contributed by atoms with Crippen molar-refractivity contribution in [3.8, 4) is 0 Å². The van der Waals surface area contributed by atoms with Gasteiger partial charge in [-0.2, -0.15) is 0 Å². The highest BCUT2D eigenvalue weighted by molar-refractivity contribution is 5.96. The summed E-state index contributed by atoms with van der Waals surface area (Å²) in [6.45, 7) is 4.28. The first-order valence-corrected chi connectivity index (χ1v) is 7.90. The van der Waals surface area contributed by atoms with Crippen LogP contribution in [0, 0.1) is 0 Å². The van der Waals surface area contributed by atoms with E-state index in [2.05, 4.69) is 15.0 Å². The van der Waals surface area contributed by atoms with E-state index in [0.29, 0.717) is 12.1 Å². The van der Waals surface area contributed by atoms with Gasteiger partial charge < -0.3 is 15.3 Å². The number of likely N-dealkylation sites (tertiary alicyclic amines) is 1. The fraction of sp³-hybridized carbons (Fsp3) is 0.562. The van der Waals surface area contributed by atoms with E-state index in [4.69, 9.17) is 15.3 Å². The van der Waals surface area contributed by atoms with Crippen molar-refractivity contribution in [1.29, 1.82) is 0 Å². The third kappa shape index (κ3) is 7.14. The summed E-state index contributed by atoms with van der Waals surface area (Å²) in [5.74, 6) is -0.0718. The molecule has 1 aliphatic heterocycles. The fourth-order valence-corrected chi connectivity index (χ4v) is 2.55. The van der Waals surface area contributed by atoms with Crippen LogP contribution in [0.3, 0.4) is 0 Å². The maximum Gasteiger partial charge on any atom is 0.303 e. The molecule has 1 atom stereocenters. The van der Waals surface area contributed by atoms with Gasteiger partial charge in [0, 0.05) is 31.4 Å². The molecule has 0 saturated carbocycles. The van der Waals surface area contributed by atoms with Crippen molar-refractivity contribution in [2.75, 3.05) is 26.2 Å². The van der Waals surface area contributed by atoms with E-state index in [1.54, 1.807) is 24.5 Å². The Morgan fingerprint density at radius 1 is 1.42 bits per heavy atom. The maximum atomic E-state index is 11.2. The third-order valence-corrected chi connectivity index (χ3v) is 3.62. The number of piperidine rings is 1. The number of ether oxygens (including phenoxy) is 1. The largest absolute Gasteiger partial charge is 0.457 e. The lowest BCUT2D eigenvalue weighted by Crippen LogP contribution is -2.40. The molecule has 2 N–H and O–H groups in total. The zero-order valence-electron chi connectivity index (χ0n) is 13.9. The van der Waals surface area contributed by atoms with Gasteiger partial charge in [-0.05, 0) is 38.1 Å². The zero-order chi connectivity index (χ0) is 16.5. The molecule has 1 aromatic heterocycles. The van der Waals surface area contributed by atoms with Crippen molar-refractivity contribution >= 4 is 24.2 Å². The number of aromatic nitrogens is 1. The Morgan fingerprint density at radius 3 is 2.79 bits per heavy atom. The minimum atomic E-state index is -0.351. The molecule has 2 heterocycles. The Balaban J connectivity index is 0.00000288. The SMILES string of the molecule is CC(=O)OC(CON=C(N)c1cccnc1)CN1CCCCC1.Cl. The number of rotatable bonds is 7. The quantitative estimate of drug-likeness (QED) is 0.345. The van der Waals surface area contributed by atoms with Gasteiger partial charge in [-0.1, -0.05) is 11.6 Å². The van der Waals surface area contributed by atoms with Gasteiger partial charge in [-0.3, -0.25) is 14.7 Å². The molecule has 1 aromatic rings. The van der Waals surface area contributed by atoms with Crippen LogP contribution >= 0.6 is 12.4 Å². The van der Waals surface area contributed by atoms with E-state index in [-0.39, 0.29) is 36.9 Å². The van der Waals surface area contributed by atoms with Crippen LogP contribution in [0.25, 0.3) is 0 Å². The van der Waals surface area contributed by atoms with Crippen LogP contribution in [0.4, 0.5) is 0 Å². The summed E-state index contributed by atoms with van der Waals surface area (Å²) in [5.41, 5.74) is 6.52. The molecule has 0 radical (unpaired) electrons. The molecule has 0 aliphatic carbocycles. The summed E-state index contributed by atoms with van der Waals surface area (Å²) in [5, 5.41) is 3.88. The molecule has 7 nitrogen and oxygen atoms in total. The number of pyridine rings is 1. The second kappa shape index (κ2) is 10.8. The number of hydrogen-bond acceptors (Lipinski definition) is 6. The van der Waals surface area contributed by atoms with Crippen molar-refractivity contribution in [3.05, 3.63) is 30.1 Å². The highest BCUT2D eigenvalue weighted by Gasteiger charge is 2.19. The first kappa shape index (κ1) is 20.2. The summed E-state index contributed by atoms with van der Waals surface area (Å²) in [7, 11) is 0. The summed E-state index contributed by atoms with van der Waals surface area (Å²) in [6.07, 6.45) is 6.54. The Morgan fingerprint density at radius 2 is 2.17 bits per heavy atom. The smallest absolute Gasteiger partial charge is 0.303 e. The molecule has 1 saturated heterocycles. The van der Waals surface area contributed by atoms with Crippen LogP contribution in [0.2, 0.25) is 0 Å². The van der Waals surface area contributed by atoms with E-state index in [9.17, 15) is 4.79 Å². The highest BCUT2D eigenvalue weighted by Crippen LogP contribution is 2.10. The molecular weight excluding hydrogens is 332 g/mol. The molecule has 0 bridgehead atoms. The number of amidine groups is 1. The molecule has 24 heavy (non-hydrogen) atoms. The first-order valence-electron chi connectivity index (χ1n) is 7.90. The number of halogens is 1. The number of nitrogens with zero attached hydrogens (tertiary/aromatic N) is 3. The van der Waals surface area contributed by atoms with Gasteiger partial charge >= 0.3 is 5.97 Å². The van der Waals surface area contributed by atoms with Crippen molar-refractivity contribution in [1.82, 2.24) is 9.88 Å². The van der Waals surface area contributed by atoms with Crippen molar-refractivity contribution in [2.45, 2.75) is 32.3 Å². The average Bonchev–Trinajstić information content (AvgIpc) is 2.56. The lowest BCUT2D eigenvalue weighted by atomic mass is 10.1. The number of nitrogens with two attached hydrogens (primary N) is 1.